The van der Waals surface area contributed by atoms with Crippen LogP contribution in [0.4, 0.5) is 0 Å². The predicted molar refractivity (Wildman–Crippen MR) is 156 cm³/mol. The molecule has 0 aliphatic carbocycles. The molecule has 0 aromatic carbocycles. The maximum atomic E-state index is 12.1. The highest BCUT2D eigenvalue weighted by molar-refractivity contribution is 8.76. The average molecular weight is 584 g/mol. The number of hydrogen-bond acceptors (Lipinski definition) is 9. The van der Waals surface area contributed by atoms with Crippen LogP contribution in [-0.4, -0.2) is 103 Å². The van der Waals surface area contributed by atoms with Crippen LogP contribution in [-0.2, 0) is 33.3 Å². The van der Waals surface area contributed by atoms with Crippen molar-refractivity contribution in [1.29, 1.82) is 0 Å². The zero-order valence-electron chi connectivity index (χ0n) is 24.1. The van der Waals surface area contributed by atoms with Crippen molar-refractivity contribution < 1.29 is 38.4 Å². The SMILES string of the molecule is COCCCCC(CCCOC)COCC(CCCCOC)CCCOCC(=O)NC(CSSC)C(=O)O. The smallest absolute Gasteiger partial charge is 0.327 e. The number of aliphatic carboxylic acids is 1. The molecule has 0 bridgehead atoms. The lowest BCUT2D eigenvalue weighted by Gasteiger charge is -2.21. The molecule has 0 aliphatic rings. The Labute approximate surface area is 238 Å². The van der Waals surface area contributed by atoms with E-state index < -0.39 is 17.9 Å². The van der Waals surface area contributed by atoms with Crippen molar-refractivity contribution in [2.75, 3.05) is 79.6 Å². The van der Waals surface area contributed by atoms with E-state index >= 15 is 0 Å². The molecule has 0 saturated carbocycles. The molecule has 3 unspecified atom stereocenters. The van der Waals surface area contributed by atoms with E-state index in [0.29, 0.717) is 24.2 Å². The summed E-state index contributed by atoms with van der Waals surface area (Å²) in [4.78, 5) is 23.4. The van der Waals surface area contributed by atoms with Crippen molar-refractivity contribution in [2.24, 2.45) is 11.8 Å². The van der Waals surface area contributed by atoms with Gasteiger partial charge in [0.2, 0.25) is 5.91 Å². The number of nitrogens with one attached hydrogen (secondary N) is 1. The van der Waals surface area contributed by atoms with Gasteiger partial charge in [-0.1, -0.05) is 34.4 Å². The Morgan fingerprint density at radius 3 is 1.74 bits per heavy atom. The summed E-state index contributed by atoms with van der Waals surface area (Å²) in [5.41, 5.74) is 0. The van der Waals surface area contributed by atoms with Crippen molar-refractivity contribution in [3.05, 3.63) is 0 Å². The van der Waals surface area contributed by atoms with Gasteiger partial charge in [0.05, 0.1) is 0 Å². The first-order valence-corrected chi connectivity index (χ1v) is 16.5. The number of rotatable bonds is 29. The summed E-state index contributed by atoms with van der Waals surface area (Å²) in [6.45, 7) is 4.16. The second-order valence-electron chi connectivity index (χ2n) is 9.49. The second-order valence-corrected chi connectivity index (χ2v) is 12.1. The van der Waals surface area contributed by atoms with Gasteiger partial charge in [0.25, 0.3) is 0 Å². The molecule has 0 fully saturated rings. The number of carbonyl (C=O) groups excluding carboxylic acids is 1. The van der Waals surface area contributed by atoms with Crippen LogP contribution in [0.15, 0.2) is 0 Å². The summed E-state index contributed by atoms with van der Waals surface area (Å²) in [5, 5.41) is 11.8. The first kappa shape index (κ1) is 37.4. The Hall–Kier alpha value is -0.560. The number of hydrogen-bond donors (Lipinski definition) is 2. The van der Waals surface area contributed by atoms with Crippen LogP contribution in [0.2, 0.25) is 0 Å². The van der Waals surface area contributed by atoms with E-state index in [4.69, 9.17) is 23.7 Å². The highest BCUT2D eigenvalue weighted by atomic mass is 33.1. The van der Waals surface area contributed by atoms with Gasteiger partial charge in [-0.3, -0.25) is 4.79 Å². The van der Waals surface area contributed by atoms with Crippen LogP contribution in [0.25, 0.3) is 0 Å². The summed E-state index contributed by atoms with van der Waals surface area (Å²) in [5.74, 6) is -0.164. The van der Waals surface area contributed by atoms with Crippen LogP contribution < -0.4 is 5.32 Å². The summed E-state index contributed by atoms with van der Waals surface area (Å²) < 4.78 is 27.4. The maximum absolute atomic E-state index is 12.1. The van der Waals surface area contributed by atoms with Crippen LogP contribution in [0.1, 0.15) is 64.2 Å². The molecule has 9 nitrogen and oxygen atoms in total. The molecule has 11 heteroatoms. The molecule has 0 spiro atoms. The average Bonchev–Trinajstić information content (AvgIpc) is 2.90. The minimum Gasteiger partial charge on any atom is -0.480 e. The maximum Gasteiger partial charge on any atom is 0.327 e. The molecule has 1 amide bonds. The van der Waals surface area contributed by atoms with Crippen molar-refractivity contribution in [3.8, 4) is 0 Å². The Balaban J connectivity index is 4.47. The number of carboxylic acid groups (broad SMARTS) is 1. The zero-order valence-corrected chi connectivity index (χ0v) is 25.7. The van der Waals surface area contributed by atoms with Crippen LogP contribution in [0.5, 0.6) is 0 Å². The molecule has 0 saturated heterocycles. The summed E-state index contributed by atoms with van der Waals surface area (Å²) in [7, 11) is 8.08. The fourth-order valence-corrected chi connectivity index (χ4v) is 5.40. The van der Waals surface area contributed by atoms with E-state index in [1.165, 1.54) is 21.6 Å². The Bertz CT molecular complexity index is 559. The molecule has 0 aromatic heterocycles. The lowest BCUT2D eigenvalue weighted by molar-refractivity contribution is -0.141. The Morgan fingerprint density at radius 2 is 1.24 bits per heavy atom. The van der Waals surface area contributed by atoms with Crippen molar-refractivity contribution in [1.82, 2.24) is 5.32 Å². The third kappa shape index (κ3) is 23.3. The molecule has 0 aromatic rings. The minimum absolute atomic E-state index is 0.130. The molecule has 3 atom stereocenters. The third-order valence-corrected chi connectivity index (χ3v) is 8.03. The van der Waals surface area contributed by atoms with Crippen molar-refractivity contribution in [2.45, 2.75) is 70.3 Å². The topological polar surface area (TPSA) is 113 Å². The normalized spacial score (nSPS) is 13.8. The molecule has 0 aliphatic heterocycles. The summed E-state index contributed by atoms with van der Waals surface area (Å²) in [6.07, 6.45) is 12.3. The van der Waals surface area contributed by atoms with E-state index in [1.807, 2.05) is 6.26 Å². The molecule has 226 valence electrons. The van der Waals surface area contributed by atoms with E-state index in [9.17, 15) is 14.7 Å². The first-order valence-electron chi connectivity index (χ1n) is 13.8. The van der Waals surface area contributed by atoms with Crippen LogP contribution >= 0.6 is 21.6 Å². The van der Waals surface area contributed by atoms with E-state index in [0.717, 1.165) is 97.2 Å². The Kier molecular flexibility index (Phi) is 27.6. The molecule has 0 heterocycles. The number of unbranched alkanes of at least 4 members (excludes halogenated alkanes) is 2. The predicted octanol–water partition coefficient (Wildman–Crippen LogP) is 4.67. The van der Waals surface area contributed by atoms with Gasteiger partial charge in [0.15, 0.2) is 0 Å². The van der Waals surface area contributed by atoms with E-state index in [1.54, 1.807) is 21.3 Å². The quantitative estimate of drug-likeness (QED) is 0.0951. The highest BCUT2D eigenvalue weighted by Crippen LogP contribution is 2.20. The van der Waals surface area contributed by atoms with Gasteiger partial charge < -0.3 is 34.1 Å². The molecule has 38 heavy (non-hydrogen) atoms. The van der Waals surface area contributed by atoms with Crippen LogP contribution in [0.3, 0.4) is 0 Å². The third-order valence-electron chi connectivity index (χ3n) is 6.21. The number of carbonyl (C=O) groups is 2. The Morgan fingerprint density at radius 1 is 0.737 bits per heavy atom. The van der Waals surface area contributed by atoms with Crippen molar-refractivity contribution in [3.63, 3.8) is 0 Å². The molecular formula is C27H53NO8S2. The van der Waals surface area contributed by atoms with E-state index in [2.05, 4.69) is 5.32 Å². The molecule has 0 radical (unpaired) electrons. The molecular weight excluding hydrogens is 530 g/mol. The van der Waals surface area contributed by atoms with Crippen molar-refractivity contribution >= 4 is 33.5 Å². The van der Waals surface area contributed by atoms with Gasteiger partial charge in [-0.2, -0.15) is 0 Å². The zero-order chi connectivity index (χ0) is 28.3. The largest absolute Gasteiger partial charge is 0.480 e. The fraction of sp³-hybridized carbons (Fsp3) is 0.926. The molecule has 0 rings (SSSR count). The first-order chi connectivity index (χ1) is 18.5. The number of methoxy groups -OCH3 is 3. The van der Waals surface area contributed by atoms with Gasteiger partial charge in [-0.05, 0) is 69.5 Å². The lowest BCUT2D eigenvalue weighted by atomic mass is 9.96. The standard InChI is InChI=1S/C27H53NO8S2/c1-32-15-7-5-11-23(13-9-17-34-3)19-36-20-24(12-6-8-16-33-2)14-10-18-35-21-26(29)28-25(27(30)31)22-38-37-4/h23-25H,5-22H2,1-4H3,(H,28,29)(H,30,31). The highest BCUT2D eigenvalue weighted by Gasteiger charge is 2.20. The fourth-order valence-electron chi connectivity index (χ4n) is 4.08. The summed E-state index contributed by atoms with van der Waals surface area (Å²) in [6, 6.07) is -0.907. The van der Waals surface area contributed by atoms with Gasteiger partial charge in [0.1, 0.15) is 12.6 Å². The van der Waals surface area contributed by atoms with E-state index in [-0.39, 0.29) is 6.61 Å². The van der Waals surface area contributed by atoms with Gasteiger partial charge >= 0.3 is 5.97 Å². The number of amides is 1. The number of carboxylic acids is 1. The minimum atomic E-state index is -1.04. The molecule has 2 N–H and O–H groups in total. The second kappa shape index (κ2) is 28.0. The summed E-state index contributed by atoms with van der Waals surface area (Å²) >= 11 is 0. The van der Waals surface area contributed by atoms with Gasteiger partial charge in [0, 0.05) is 66.7 Å². The monoisotopic (exact) mass is 583 g/mol. The van der Waals surface area contributed by atoms with Crippen LogP contribution in [0, 0.1) is 11.8 Å². The number of ether oxygens (including phenoxy) is 5. The van der Waals surface area contributed by atoms with Gasteiger partial charge in [-0.25, -0.2) is 4.79 Å². The lowest BCUT2D eigenvalue weighted by Crippen LogP contribution is -2.44. The van der Waals surface area contributed by atoms with Gasteiger partial charge in [-0.15, -0.1) is 0 Å².